The van der Waals surface area contributed by atoms with Crippen LogP contribution in [0.3, 0.4) is 0 Å². The second kappa shape index (κ2) is 4.62. The van der Waals surface area contributed by atoms with Crippen LogP contribution in [-0.4, -0.2) is 0 Å². The first-order valence-corrected chi connectivity index (χ1v) is 9.25. The van der Waals surface area contributed by atoms with E-state index in [1.54, 1.807) is 24.8 Å². The Morgan fingerprint density at radius 2 is 1.85 bits per heavy atom. The molecule has 0 aliphatic heterocycles. The SMILES string of the molecule is CC1=CCC2C(CCC3C2CCC2(C)C(C)CCC32)C1. The average molecular weight is 272 g/mol. The van der Waals surface area contributed by atoms with Crippen molar-refractivity contribution in [2.45, 2.75) is 72.1 Å². The van der Waals surface area contributed by atoms with E-state index in [2.05, 4.69) is 26.8 Å². The summed E-state index contributed by atoms with van der Waals surface area (Å²) in [5, 5.41) is 0. The van der Waals surface area contributed by atoms with Crippen LogP contribution in [0, 0.1) is 40.9 Å². The van der Waals surface area contributed by atoms with Crippen molar-refractivity contribution in [3.05, 3.63) is 11.6 Å². The lowest BCUT2D eigenvalue weighted by Gasteiger charge is -2.55. The van der Waals surface area contributed by atoms with Crippen molar-refractivity contribution in [1.82, 2.24) is 0 Å². The molecule has 0 bridgehead atoms. The number of hydrogen-bond acceptors (Lipinski definition) is 0. The van der Waals surface area contributed by atoms with Gasteiger partial charge >= 0.3 is 0 Å². The molecule has 7 unspecified atom stereocenters. The third-order valence-corrected chi connectivity index (χ3v) is 8.32. The Bertz CT molecular complexity index is 420. The van der Waals surface area contributed by atoms with Crippen molar-refractivity contribution in [3.8, 4) is 0 Å². The summed E-state index contributed by atoms with van der Waals surface area (Å²) in [4.78, 5) is 0. The summed E-state index contributed by atoms with van der Waals surface area (Å²) >= 11 is 0. The molecule has 0 radical (unpaired) electrons. The van der Waals surface area contributed by atoms with Crippen LogP contribution in [0.25, 0.3) is 0 Å². The molecule has 112 valence electrons. The van der Waals surface area contributed by atoms with Crippen LogP contribution >= 0.6 is 0 Å². The van der Waals surface area contributed by atoms with Gasteiger partial charge in [0.25, 0.3) is 0 Å². The van der Waals surface area contributed by atoms with Gasteiger partial charge in [-0.05, 0) is 99.2 Å². The molecule has 3 fully saturated rings. The maximum atomic E-state index is 2.64. The fourth-order valence-corrected chi connectivity index (χ4v) is 6.95. The highest BCUT2D eigenvalue weighted by Gasteiger charge is 2.55. The van der Waals surface area contributed by atoms with Gasteiger partial charge in [0, 0.05) is 0 Å². The van der Waals surface area contributed by atoms with Crippen LogP contribution in [0.5, 0.6) is 0 Å². The average Bonchev–Trinajstić information content (AvgIpc) is 2.74. The van der Waals surface area contributed by atoms with Crippen LogP contribution in [0.1, 0.15) is 72.1 Å². The van der Waals surface area contributed by atoms with E-state index < -0.39 is 0 Å². The van der Waals surface area contributed by atoms with Gasteiger partial charge < -0.3 is 0 Å². The van der Waals surface area contributed by atoms with E-state index in [4.69, 9.17) is 0 Å². The molecule has 0 aromatic rings. The lowest BCUT2D eigenvalue weighted by Crippen LogP contribution is -2.47. The normalized spacial score (nSPS) is 54.6. The van der Waals surface area contributed by atoms with Gasteiger partial charge in [-0.15, -0.1) is 0 Å². The molecule has 4 aliphatic rings. The van der Waals surface area contributed by atoms with Gasteiger partial charge in [0.1, 0.15) is 0 Å². The highest BCUT2D eigenvalue weighted by molar-refractivity contribution is 5.11. The summed E-state index contributed by atoms with van der Waals surface area (Å²) in [7, 11) is 0. The molecule has 0 heteroatoms. The molecule has 20 heavy (non-hydrogen) atoms. The van der Waals surface area contributed by atoms with Crippen molar-refractivity contribution >= 4 is 0 Å². The predicted molar refractivity (Wildman–Crippen MR) is 85.4 cm³/mol. The first-order valence-electron chi connectivity index (χ1n) is 9.25. The van der Waals surface area contributed by atoms with E-state index in [1.807, 2.05) is 0 Å². The number of hydrogen-bond donors (Lipinski definition) is 0. The fraction of sp³-hybridized carbons (Fsp3) is 0.900. The van der Waals surface area contributed by atoms with Crippen LogP contribution in [0.15, 0.2) is 11.6 Å². The van der Waals surface area contributed by atoms with E-state index >= 15 is 0 Å². The van der Waals surface area contributed by atoms with Crippen LogP contribution < -0.4 is 0 Å². The van der Waals surface area contributed by atoms with E-state index in [0.717, 1.165) is 35.5 Å². The molecule has 0 heterocycles. The second-order valence-corrected chi connectivity index (χ2v) is 8.95. The molecule has 7 atom stereocenters. The summed E-state index contributed by atoms with van der Waals surface area (Å²) in [6.07, 6.45) is 14.7. The highest BCUT2D eigenvalue weighted by atomic mass is 14.6. The Morgan fingerprint density at radius 1 is 1.00 bits per heavy atom. The Morgan fingerprint density at radius 3 is 2.70 bits per heavy atom. The minimum Gasteiger partial charge on any atom is -0.0853 e. The molecule has 4 aliphatic carbocycles. The summed E-state index contributed by atoms with van der Waals surface area (Å²) in [5.74, 6) is 6.33. The third kappa shape index (κ3) is 1.79. The second-order valence-electron chi connectivity index (χ2n) is 8.95. The van der Waals surface area contributed by atoms with Gasteiger partial charge in [-0.3, -0.25) is 0 Å². The zero-order valence-corrected chi connectivity index (χ0v) is 13.7. The number of allylic oxidation sites excluding steroid dienone is 2. The summed E-state index contributed by atoms with van der Waals surface area (Å²) in [6, 6.07) is 0. The molecular weight excluding hydrogens is 240 g/mol. The Labute approximate surface area is 125 Å². The lowest BCUT2D eigenvalue weighted by molar-refractivity contribution is -0.0503. The van der Waals surface area contributed by atoms with Crippen LogP contribution in [-0.2, 0) is 0 Å². The molecule has 0 aromatic heterocycles. The molecular formula is C20H32. The smallest absolute Gasteiger partial charge is 0.0269 e. The zero-order chi connectivity index (χ0) is 13.9. The molecule has 0 N–H and O–H groups in total. The van der Waals surface area contributed by atoms with Gasteiger partial charge in [0.05, 0.1) is 0 Å². The van der Waals surface area contributed by atoms with E-state index in [1.165, 1.54) is 32.1 Å². The maximum Gasteiger partial charge on any atom is -0.0269 e. The zero-order valence-electron chi connectivity index (χ0n) is 13.7. The molecule has 3 saturated carbocycles. The van der Waals surface area contributed by atoms with Gasteiger partial charge in [-0.25, -0.2) is 0 Å². The Balaban J connectivity index is 1.60. The largest absolute Gasteiger partial charge is 0.0853 e. The summed E-state index contributed by atoms with van der Waals surface area (Å²) in [6.45, 7) is 7.54. The molecule has 0 nitrogen and oxygen atoms in total. The lowest BCUT2D eigenvalue weighted by atomic mass is 9.50. The first-order chi connectivity index (χ1) is 9.59. The topological polar surface area (TPSA) is 0 Å². The standard InChI is InChI=1S/C20H32/c1-13-4-7-16-15(12-13)6-8-18-17(16)10-11-20(3)14(2)5-9-19(18)20/h4,14-19H,5-12H2,1-3H3. The minimum absolute atomic E-state index is 0.703. The number of fused-ring (bicyclic) bond motifs is 5. The molecule has 4 rings (SSSR count). The van der Waals surface area contributed by atoms with Crippen LogP contribution in [0.2, 0.25) is 0 Å². The summed E-state index contributed by atoms with van der Waals surface area (Å²) in [5.41, 5.74) is 2.38. The van der Waals surface area contributed by atoms with Gasteiger partial charge in [0.2, 0.25) is 0 Å². The van der Waals surface area contributed by atoms with Crippen molar-refractivity contribution in [1.29, 1.82) is 0 Å². The van der Waals surface area contributed by atoms with Gasteiger partial charge in [-0.1, -0.05) is 25.5 Å². The van der Waals surface area contributed by atoms with Crippen molar-refractivity contribution in [2.75, 3.05) is 0 Å². The van der Waals surface area contributed by atoms with Gasteiger partial charge in [-0.2, -0.15) is 0 Å². The first kappa shape index (κ1) is 13.4. The quantitative estimate of drug-likeness (QED) is 0.487. The molecule has 0 amide bonds. The van der Waals surface area contributed by atoms with Crippen LogP contribution in [0.4, 0.5) is 0 Å². The van der Waals surface area contributed by atoms with Crippen molar-refractivity contribution in [3.63, 3.8) is 0 Å². The van der Waals surface area contributed by atoms with E-state index in [9.17, 15) is 0 Å². The minimum atomic E-state index is 0.703. The summed E-state index contributed by atoms with van der Waals surface area (Å²) < 4.78 is 0. The molecule has 0 saturated heterocycles. The predicted octanol–water partition coefficient (Wildman–Crippen LogP) is 5.83. The molecule has 0 aromatic carbocycles. The van der Waals surface area contributed by atoms with E-state index in [0.29, 0.717) is 5.41 Å². The Kier molecular flexibility index (Phi) is 3.09. The fourth-order valence-electron chi connectivity index (χ4n) is 6.95. The maximum absolute atomic E-state index is 2.64. The van der Waals surface area contributed by atoms with Crippen molar-refractivity contribution in [2.24, 2.45) is 40.9 Å². The van der Waals surface area contributed by atoms with Gasteiger partial charge in [0.15, 0.2) is 0 Å². The molecule has 0 spiro atoms. The highest BCUT2D eigenvalue weighted by Crippen LogP contribution is 2.63. The monoisotopic (exact) mass is 272 g/mol. The third-order valence-electron chi connectivity index (χ3n) is 8.32. The van der Waals surface area contributed by atoms with Crippen molar-refractivity contribution < 1.29 is 0 Å². The van der Waals surface area contributed by atoms with E-state index in [-0.39, 0.29) is 0 Å². The number of rotatable bonds is 0. The Hall–Kier alpha value is -0.260.